The minimum atomic E-state index is -0.912. The molecule has 4 rings (SSSR count). The van der Waals surface area contributed by atoms with E-state index in [9.17, 15) is 9.59 Å². The van der Waals surface area contributed by atoms with Gasteiger partial charge in [0.2, 0.25) is 0 Å². The summed E-state index contributed by atoms with van der Waals surface area (Å²) in [7, 11) is 0. The predicted octanol–water partition coefficient (Wildman–Crippen LogP) is 5.67. The molecule has 4 aliphatic rings. The van der Waals surface area contributed by atoms with Crippen LogP contribution in [0.2, 0.25) is 0 Å². The first kappa shape index (κ1) is 19.6. The topological polar surface area (TPSA) is 34.1 Å². The predicted molar refractivity (Wildman–Crippen MR) is 105 cm³/mol. The highest BCUT2D eigenvalue weighted by Gasteiger charge is 2.61. The third-order valence-corrected chi connectivity index (χ3v) is 8.59. The normalized spacial score (nSPS) is 43.7. The summed E-state index contributed by atoms with van der Waals surface area (Å²) in [6, 6.07) is 0. The molecule has 0 amide bonds. The highest BCUT2D eigenvalue weighted by atomic mass is 35.5. The number of hydrogen-bond donors (Lipinski definition) is 0. The van der Waals surface area contributed by atoms with Gasteiger partial charge in [0.05, 0.1) is 0 Å². The second-order valence-corrected chi connectivity index (χ2v) is 10.1. The van der Waals surface area contributed by atoms with Crippen molar-refractivity contribution in [2.75, 3.05) is 5.88 Å². The van der Waals surface area contributed by atoms with Crippen LogP contribution in [-0.2, 0) is 9.59 Å². The number of allylic oxidation sites excluding steroid dienone is 1. The number of halogens is 2. The van der Waals surface area contributed by atoms with Crippen molar-refractivity contribution >= 4 is 23.2 Å². The van der Waals surface area contributed by atoms with Crippen molar-refractivity contribution in [1.29, 1.82) is 0 Å². The number of alkyl halides is 2. The lowest BCUT2D eigenvalue weighted by atomic mass is 9.48. The fraction of sp³-hybridized carbons (Fsp3) is 0.826. The Bertz CT molecular complexity index is 644. The van der Waals surface area contributed by atoms with Gasteiger partial charge in [0.1, 0.15) is 12.0 Å². The number of rotatable bonds is 5. The van der Waals surface area contributed by atoms with Crippen LogP contribution in [0.4, 0.5) is 4.39 Å². The van der Waals surface area contributed by atoms with E-state index in [1.54, 1.807) is 0 Å². The average molecular weight is 395 g/mol. The first-order chi connectivity index (χ1) is 13.0. The van der Waals surface area contributed by atoms with Crippen molar-refractivity contribution < 1.29 is 14.0 Å². The largest absolute Gasteiger partial charge is 0.299 e. The van der Waals surface area contributed by atoms with Crippen molar-refractivity contribution in [2.24, 2.45) is 35.0 Å². The van der Waals surface area contributed by atoms with Gasteiger partial charge in [-0.1, -0.05) is 25.3 Å². The van der Waals surface area contributed by atoms with Gasteiger partial charge in [-0.3, -0.25) is 9.59 Å². The van der Waals surface area contributed by atoms with E-state index < -0.39 is 11.6 Å². The molecule has 0 aromatic heterocycles. The van der Waals surface area contributed by atoms with E-state index in [0.29, 0.717) is 42.9 Å². The van der Waals surface area contributed by atoms with Gasteiger partial charge in [-0.15, -0.1) is 11.6 Å². The van der Waals surface area contributed by atoms with Crippen molar-refractivity contribution in [1.82, 2.24) is 0 Å². The minimum Gasteiger partial charge on any atom is -0.299 e. The Hall–Kier alpha value is -0.700. The van der Waals surface area contributed by atoms with Crippen molar-refractivity contribution in [3.05, 3.63) is 11.6 Å². The lowest BCUT2D eigenvalue weighted by Gasteiger charge is -2.56. The van der Waals surface area contributed by atoms with Crippen LogP contribution in [0.15, 0.2) is 11.6 Å². The molecule has 3 saturated carbocycles. The van der Waals surface area contributed by atoms with Crippen LogP contribution < -0.4 is 0 Å². The number of Topliss-reactive ketones (excluding diaryl/α,β-unsaturated/α-hetero) is 1. The maximum Gasteiger partial charge on any atom is 0.155 e. The summed E-state index contributed by atoms with van der Waals surface area (Å²) >= 11 is 5.83. The Labute approximate surface area is 167 Å². The highest BCUT2D eigenvalue weighted by Crippen LogP contribution is 2.63. The first-order valence-electron chi connectivity index (χ1n) is 10.9. The Morgan fingerprint density at radius 3 is 2.74 bits per heavy atom. The highest BCUT2D eigenvalue weighted by molar-refractivity contribution is 6.17. The summed E-state index contributed by atoms with van der Waals surface area (Å²) in [6.45, 7) is 2.04. The van der Waals surface area contributed by atoms with E-state index in [2.05, 4.69) is 0 Å². The number of carbonyl (C=O) groups is 2. The van der Waals surface area contributed by atoms with Crippen LogP contribution in [0.1, 0.15) is 71.1 Å². The van der Waals surface area contributed by atoms with Gasteiger partial charge < -0.3 is 0 Å². The molecule has 7 atom stereocenters. The van der Waals surface area contributed by atoms with Crippen LogP contribution in [0.5, 0.6) is 0 Å². The van der Waals surface area contributed by atoms with Gasteiger partial charge in [-0.05, 0) is 68.3 Å². The Morgan fingerprint density at radius 1 is 1.15 bits per heavy atom. The summed E-state index contributed by atoms with van der Waals surface area (Å²) < 4.78 is 15.6. The maximum absolute atomic E-state index is 15.6. The zero-order valence-electron chi connectivity index (χ0n) is 16.4. The first-order valence-corrected chi connectivity index (χ1v) is 11.5. The van der Waals surface area contributed by atoms with E-state index in [-0.39, 0.29) is 23.4 Å². The molecule has 0 saturated heterocycles. The fourth-order valence-electron chi connectivity index (χ4n) is 7.12. The van der Waals surface area contributed by atoms with Crippen LogP contribution >= 0.6 is 11.6 Å². The van der Waals surface area contributed by atoms with Crippen molar-refractivity contribution in [3.63, 3.8) is 0 Å². The van der Waals surface area contributed by atoms with E-state index >= 15 is 4.39 Å². The molecule has 0 radical (unpaired) electrons. The third kappa shape index (κ3) is 3.32. The molecule has 150 valence electrons. The SMILES string of the molecule is C[C@]12C[C@H](F)C3C4CCC(=O)C=C4C[C@@H](CCCCCCl)C3C1CCC2=O. The van der Waals surface area contributed by atoms with E-state index in [1.807, 2.05) is 13.0 Å². The number of hydrogen-bond acceptors (Lipinski definition) is 2. The zero-order chi connectivity index (χ0) is 19.2. The molecule has 27 heavy (non-hydrogen) atoms. The fourth-order valence-corrected chi connectivity index (χ4v) is 7.31. The van der Waals surface area contributed by atoms with E-state index in [0.717, 1.165) is 44.9 Å². The van der Waals surface area contributed by atoms with Gasteiger partial charge in [0, 0.05) is 30.1 Å². The molecular weight excluding hydrogens is 363 g/mol. The zero-order valence-corrected chi connectivity index (χ0v) is 17.1. The summed E-state index contributed by atoms with van der Waals surface area (Å²) in [5.41, 5.74) is 0.756. The molecule has 3 fully saturated rings. The monoisotopic (exact) mass is 394 g/mol. The van der Waals surface area contributed by atoms with E-state index in [1.165, 1.54) is 5.57 Å². The van der Waals surface area contributed by atoms with Crippen molar-refractivity contribution in [3.8, 4) is 0 Å². The van der Waals surface area contributed by atoms with Gasteiger partial charge in [-0.2, -0.15) is 0 Å². The standard InChI is InChI=1S/C23H32ClFO2/c1-23-13-19(25)22-17-7-6-16(26)12-15(17)11-14(5-3-2-4-10-24)21(22)18(23)8-9-20(23)27/h12,14,17-19,21-22H,2-11,13H2,1H3/t14-,17?,18?,19+,21?,22?,23+/m1/s1. The summed E-state index contributed by atoms with van der Waals surface area (Å²) in [6.07, 6.45) is 9.52. The molecular formula is C23H32ClFO2. The van der Waals surface area contributed by atoms with Gasteiger partial charge >= 0.3 is 0 Å². The second-order valence-electron chi connectivity index (χ2n) is 9.69. The Kier molecular flexibility index (Phi) is 5.53. The van der Waals surface area contributed by atoms with Gasteiger partial charge in [0.25, 0.3) is 0 Å². The third-order valence-electron chi connectivity index (χ3n) is 8.32. The molecule has 0 aromatic carbocycles. The molecule has 0 spiro atoms. The smallest absolute Gasteiger partial charge is 0.155 e. The summed E-state index contributed by atoms with van der Waals surface area (Å²) in [5.74, 6) is 2.48. The summed E-state index contributed by atoms with van der Waals surface area (Å²) in [4.78, 5) is 24.7. The molecule has 2 nitrogen and oxygen atoms in total. The van der Waals surface area contributed by atoms with Gasteiger partial charge in [0.15, 0.2) is 5.78 Å². The number of carbonyl (C=O) groups excluding carboxylic acids is 2. The number of fused-ring (bicyclic) bond motifs is 5. The molecule has 0 heterocycles. The molecule has 0 aromatic rings. The Morgan fingerprint density at radius 2 is 1.96 bits per heavy atom. The number of ketones is 2. The van der Waals surface area contributed by atoms with Crippen LogP contribution in [0.25, 0.3) is 0 Å². The molecule has 4 aliphatic carbocycles. The molecule has 4 unspecified atom stereocenters. The molecule has 4 heteroatoms. The molecule has 0 aliphatic heterocycles. The van der Waals surface area contributed by atoms with Crippen LogP contribution in [-0.4, -0.2) is 23.6 Å². The quantitative estimate of drug-likeness (QED) is 0.444. The second kappa shape index (κ2) is 7.61. The maximum atomic E-state index is 15.6. The number of unbranched alkanes of at least 4 members (excludes halogenated alkanes) is 2. The van der Waals surface area contributed by atoms with Crippen LogP contribution in [0.3, 0.4) is 0 Å². The van der Waals surface area contributed by atoms with Crippen LogP contribution in [0, 0.1) is 35.0 Å². The van der Waals surface area contributed by atoms with E-state index in [4.69, 9.17) is 11.6 Å². The van der Waals surface area contributed by atoms with Gasteiger partial charge in [-0.25, -0.2) is 4.39 Å². The summed E-state index contributed by atoms with van der Waals surface area (Å²) in [5, 5.41) is 0. The lowest BCUT2D eigenvalue weighted by Crippen LogP contribution is -2.54. The molecule has 0 N–H and O–H groups in total. The van der Waals surface area contributed by atoms with Crippen molar-refractivity contribution in [2.45, 2.75) is 77.3 Å². The Balaban J connectivity index is 1.65. The minimum absolute atomic E-state index is 0.0140. The lowest BCUT2D eigenvalue weighted by molar-refractivity contribution is -0.138. The average Bonchev–Trinajstić information content (AvgIpc) is 2.92. The molecule has 0 bridgehead atoms.